The Hall–Kier alpha value is -2.13. The quantitative estimate of drug-likeness (QED) is 0.262. The Bertz CT molecular complexity index is 1050. The first-order valence-electron chi connectivity index (χ1n) is 9.90. The Labute approximate surface area is 212 Å². The SMILES string of the molecule is CC1(C)S[C@@H]2[C@H](N=C([O-])[C@H](N=Cc3ccccc3)c3ccccc3)C(=O)N2[C@H]1C(=O)O.[Na+]. The van der Waals surface area contributed by atoms with Crippen LogP contribution in [0.5, 0.6) is 0 Å². The van der Waals surface area contributed by atoms with Crippen molar-refractivity contribution in [1.82, 2.24) is 4.90 Å². The van der Waals surface area contributed by atoms with E-state index in [1.165, 1.54) is 16.7 Å². The fourth-order valence-electron chi connectivity index (χ4n) is 3.95. The van der Waals surface area contributed by atoms with Gasteiger partial charge in [-0.1, -0.05) is 60.7 Å². The number of hydrogen-bond donors (Lipinski definition) is 1. The molecule has 32 heavy (non-hydrogen) atoms. The minimum absolute atomic E-state index is 0. The number of carbonyl (C=O) groups excluding carboxylic acids is 1. The van der Waals surface area contributed by atoms with E-state index >= 15 is 0 Å². The number of carboxylic acid groups (broad SMARTS) is 1. The van der Waals surface area contributed by atoms with Crippen molar-refractivity contribution in [2.75, 3.05) is 0 Å². The predicted molar refractivity (Wildman–Crippen MR) is 118 cm³/mol. The maximum absolute atomic E-state index is 13.1. The molecule has 2 heterocycles. The average Bonchev–Trinajstić information content (AvgIpc) is 3.01. The summed E-state index contributed by atoms with van der Waals surface area (Å²) in [6.45, 7) is 3.58. The van der Waals surface area contributed by atoms with Crippen LogP contribution in [0, 0.1) is 0 Å². The zero-order chi connectivity index (χ0) is 22.2. The third-order valence-corrected chi connectivity index (χ3v) is 6.99. The molecule has 2 fully saturated rings. The van der Waals surface area contributed by atoms with Crippen LogP contribution in [0.4, 0.5) is 0 Å². The number of amides is 1. The van der Waals surface area contributed by atoms with Gasteiger partial charge in [0, 0.05) is 11.0 Å². The zero-order valence-electron chi connectivity index (χ0n) is 18.1. The molecular weight excluding hydrogens is 437 g/mol. The molecular formula is C23H22N3NaO4S. The molecule has 2 saturated heterocycles. The van der Waals surface area contributed by atoms with Gasteiger partial charge in [-0.15, -0.1) is 11.8 Å². The first kappa shape index (κ1) is 24.5. The van der Waals surface area contributed by atoms with E-state index in [1.807, 2.05) is 48.5 Å². The first-order chi connectivity index (χ1) is 14.8. The molecule has 2 aliphatic rings. The third kappa shape index (κ3) is 4.64. The largest absolute Gasteiger partial charge is 1.00 e. The molecule has 4 atom stereocenters. The van der Waals surface area contributed by atoms with Gasteiger partial charge in [0.15, 0.2) is 6.04 Å². The van der Waals surface area contributed by atoms with Crippen LogP contribution in [0.1, 0.15) is 31.0 Å². The molecule has 160 valence electrons. The van der Waals surface area contributed by atoms with Crippen molar-refractivity contribution in [3.63, 3.8) is 0 Å². The number of carboxylic acids is 1. The van der Waals surface area contributed by atoms with Crippen molar-refractivity contribution in [2.24, 2.45) is 9.98 Å². The number of β-lactam (4-membered cyclic amide) rings is 1. The maximum atomic E-state index is 13.1. The first-order valence-corrected chi connectivity index (χ1v) is 10.8. The molecule has 0 aromatic heterocycles. The van der Waals surface area contributed by atoms with Gasteiger partial charge < -0.3 is 15.1 Å². The van der Waals surface area contributed by atoms with Crippen LogP contribution in [0.3, 0.4) is 0 Å². The summed E-state index contributed by atoms with van der Waals surface area (Å²) in [7, 11) is 0. The molecule has 1 N–H and O–H groups in total. The van der Waals surface area contributed by atoms with Crippen LogP contribution in [-0.2, 0) is 9.59 Å². The second-order valence-electron chi connectivity index (χ2n) is 8.01. The summed E-state index contributed by atoms with van der Waals surface area (Å²) in [5.74, 6) is -2.00. The van der Waals surface area contributed by atoms with E-state index in [0.29, 0.717) is 5.56 Å². The molecule has 0 unspecified atom stereocenters. The van der Waals surface area contributed by atoms with Crippen molar-refractivity contribution in [3.05, 3.63) is 71.8 Å². The van der Waals surface area contributed by atoms with Gasteiger partial charge >= 0.3 is 35.5 Å². The van der Waals surface area contributed by atoms with Crippen LogP contribution >= 0.6 is 11.8 Å². The minimum atomic E-state index is -1.05. The summed E-state index contributed by atoms with van der Waals surface area (Å²) in [5.41, 5.74) is 1.52. The molecule has 0 bridgehead atoms. The van der Waals surface area contributed by atoms with Crippen molar-refractivity contribution in [1.29, 1.82) is 0 Å². The number of rotatable bonds is 6. The van der Waals surface area contributed by atoms with Crippen LogP contribution in [0.15, 0.2) is 70.6 Å². The van der Waals surface area contributed by atoms with Crippen LogP contribution in [0.2, 0.25) is 0 Å². The zero-order valence-corrected chi connectivity index (χ0v) is 20.9. The molecule has 7 nitrogen and oxygen atoms in total. The van der Waals surface area contributed by atoms with Gasteiger partial charge in [0.2, 0.25) is 0 Å². The predicted octanol–water partition coefficient (Wildman–Crippen LogP) is -0.875. The monoisotopic (exact) mass is 459 g/mol. The van der Waals surface area contributed by atoms with E-state index in [2.05, 4.69) is 9.98 Å². The van der Waals surface area contributed by atoms with E-state index in [4.69, 9.17) is 0 Å². The van der Waals surface area contributed by atoms with Crippen molar-refractivity contribution < 1.29 is 49.4 Å². The fourth-order valence-corrected chi connectivity index (χ4v) is 5.56. The third-order valence-electron chi connectivity index (χ3n) is 5.43. The Morgan fingerprint density at radius 2 is 1.75 bits per heavy atom. The van der Waals surface area contributed by atoms with Gasteiger partial charge in [-0.25, -0.2) is 4.79 Å². The molecule has 2 aromatic rings. The van der Waals surface area contributed by atoms with Crippen LogP contribution in [-0.4, -0.2) is 56.2 Å². The van der Waals surface area contributed by atoms with Gasteiger partial charge in [0.05, 0.1) is 0 Å². The van der Waals surface area contributed by atoms with Gasteiger partial charge in [-0.2, -0.15) is 0 Å². The summed E-state index contributed by atoms with van der Waals surface area (Å²) in [6, 6.07) is 15.8. The number of fused-ring (bicyclic) bond motifs is 1. The number of benzene rings is 2. The van der Waals surface area contributed by atoms with Crippen molar-refractivity contribution >= 4 is 35.8 Å². The Kier molecular flexibility index (Phi) is 7.50. The normalized spacial score (nSPS) is 25.1. The smallest absolute Gasteiger partial charge is 0.860 e. The Balaban J connectivity index is 0.00000289. The standard InChI is InChI=1S/C23H23N3O4S.Na/c1-23(2)18(22(29)30)26-20(28)17(21(26)31-23)25-19(27)16(15-11-7-4-8-12-15)24-13-14-9-5-3-6-10-14;/h3-13,16-18,21H,1-2H3,(H,25,27)(H,29,30);/q;+1/p-1/t16-,17-,18+,21-;/m1./s1. The Morgan fingerprint density at radius 1 is 1.16 bits per heavy atom. The van der Waals surface area contributed by atoms with Crippen LogP contribution in [0.25, 0.3) is 0 Å². The van der Waals surface area contributed by atoms with E-state index in [9.17, 15) is 19.8 Å². The van der Waals surface area contributed by atoms with Gasteiger partial charge in [0.25, 0.3) is 5.91 Å². The van der Waals surface area contributed by atoms with Gasteiger partial charge in [-0.05, 0) is 30.9 Å². The number of aliphatic imine (C=N–C) groups is 2. The number of aliphatic carboxylic acids is 1. The van der Waals surface area contributed by atoms with Crippen molar-refractivity contribution in [2.45, 2.75) is 42.1 Å². The minimum Gasteiger partial charge on any atom is -0.860 e. The topological polar surface area (TPSA) is 105 Å². The molecule has 0 saturated carbocycles. The molecule has 4 rings (SSSR count). The number of nitrogens with zero attached hydrogens (tertiary/aromatic N) is 3. The van der Waals surface area contributed by atoms with Gasteiger partial charge in [0.1, 0.15) is 17.5 Å². The molecule has 0 radical (unpaired) electrons. The average molecular weight is 460 g/mol. The van der Waals surface area contributed by atoms with Crippen LogP contribution < -0.4 is 34.7 Å². The van der Waals surface area contributed by atoms with Crippen molar-refractivity contribution in [3.8, 4) is 0 Å². The Morgan fingerprint density at radius 3 is 2.34 bits per heavy atom. The summed E-state index contributed by atoms with van der Waals surface area (Å²) in [6.07, 6.45) is 1.62. The maximum Gasteiger partial charge on any atom is 1.00 e. The molecule has 0 spiro atoms. The molecule has 2 aliphatic heterocycles. The summed E-state index contributed by atoms with van der Waals surface area (Å²) in [5, 5.41) is 22.2. The molecule has 1 amide bonds. The fraction of sp³-hybridized carbons (Fsp3) is 0.304. The second kappa shape index (κ2) is 9.79. The molecule has 2 aromatic carbocycles. The number of thioether (sulfide) groups is 1. The summed E-state index contributed by atoms with van der Waals surface area (Å²) in [4.78, 5) is 34.3. The summed E-state index contributed by atoms with van der Waals surface area (Å²) < 4.78 is -0.663. The molecule has 0 aliphatic carbocycles. The van der Waals surface area contributed by atoms with Gasteiger partial charge in [-0.3, -0.25) is 14.8 Å². The number of carbonyl (C=O) groups is 2. The van der Waals surface area contributed by atoms with E-state index in [0.717, 1.165) is 5.56 Å². The van der Waals surface area contributed by atoms with E-state index in [-0.39, 0.29) is 29.6 Å². The second-order valence-corrected chi connectivity index (χ2v) is 9.78. The molecule has 9 heteroatoms. The summed E-state index contributed by atoms with van der Waals surface area (Å²) >= 11 is 1.37. The van der Waals surface area contributed by atoms with E-state index < -0.39 is 46.0 Å². The number of hydrogen-bond acceptors (Lipinski definition) is 6. The van der Waals surface area contributed by atoms with E-state index in [1.54, 1.807) is 32.2 Å².